The van der Waals surface area contributed by atoms with Crippen LogP contribution in [0.2, 0.25) is 0 Å². The van der Waals surface area contributed by atoms with Gasteiger partial charge in [-0.1, -0.05) is 60.1 Å². The molecule has 6 nitrogen and oxygen atoms in total. The molecule has 0 radical (unpaired) electrons. The van der Waals surface area contributed by atoms with E-state index >= 15 is 0 Å². The molecule has 1 heterocycles. The van der Waals surface area contributed by atoms with E-state index in [0.717, 1.165) is 49.6 Å². The van der Waals surface area contributed by atoms with E-state index in [0.29, 0.717) is 24.5 Å². The Morgan fingerprint density at radius 2 is 1.86 bits per heavy atom. The summed E-state index contributed by atoms with van der Waals surface area (Å²) in [6, 6.07) is 15.8. The van der Waals surface area contributed by atoms with Crippen molar-refractivity contribution in [2.75, 3.05) is 18.5 Å². The molecule has 3 aromatic rings. The van der Waals surface area contributed by atoms with Gasteiger partial charge in [-0.15, -0.1) is 0 Å². The first-order valence-electron chi connectivity index (χ1n) is 12.1. The number of ether oxygens (including phenoxy) is 2. The zero-order valence-corrected chi connectivity index (χ0v) is 22.2. The molecule has 0 bridgehead atoms. The van der Waals surface area contributed by atoms with Crippen molar-refractivity contribution in [1.29, 1.82) is 0 Å². The van der Waals surface area contributed by atoms with Crippen molar-refractivity contribution in [2.24, 2.45) is 11.1 Å². The lowest BCUT2D eigenvalue weighted by Gasteiger charge is -2.40. The molecule has 1 atom stereocenters. The molecule has 36 heavy (non-hydrogen) atoms. The van der Waals surface area contributed by atoms with Gasteiger partial charge in [-0.2, -0.15) is 0 Å². The fourth-order valence-electron chi connectivity index (χ4n) is 5.37. The van der Waals surface area contributed by atoms with Gasteiger partial charge < -0.3 is 20.5 Å². The average Bonchev–Trinajstić information content (AvgIpc) is 2.82. The minimum absolute atomic E-state index is 0.133. The maximum atomic E-state index is 13.7. The zero-order valence-electron chi connectivity index (χ0n) is 20.6. The largest absolute Gasteiger partial charge is 0.490 e. The SMILES string of the molecule is CCOc1cc([C@H]2Nc3ccc4ccccc4c3C3=C2C(=O)CC(C)(C)C3)c(Br)cc1OCC(N)=O. The molecule has 0 fully saturated rings. The Labute approximate surface area is 219 Å². The smallest absolute Gasteiger partial charge is 0.255 e. The highest BCUT2D eigenvalue weighted by atomic mass is 79.9. The number of ketones is 1. The van der Waals surface area contributed by atoms with Crippen molar-refractivity contribution >= 4 is 49.7 Å². The van der Waals surface area contributed by atoms with E-state index in [1.807, 2.05) is 25.1 Å². The minimum Gasteiger partial charge on any atom is -0.490 e. The summed E-state index contributed by atoms with van der Waals surface area (Å²) in [4.78, 5) is 25.0. The van der Waals surface area contributed by atoms with Crippen LogP contribution in [0.5, 0.6) is 11.5 Å². The van der Waals surface area contributed by atoms with Crippen molar-refractivity contribution in [3.63, 3.8) is 0 Å². The van der Waals surface area contributed by atoms with Crippen molar-refractivity contribution in [1.82, 2.24) is 0 Å². The van der Waals surface area contributed by atoms with Crippen LogP contribution in [-0.4, -0.2) is 24.9 Å². The Morgan fingerprint density at radius 3 is 2.61 bits per heavy atom. The predicted molar refractivity (Wildman–Crippen MR) is 145 cm³/mol. The van der Waals surface area contributed by atoms with Gasteiger partial charge in [0.2, 0.25) is 0 Å². The third-order valence-electron chi connectivity index (χ3n) is 6.78. The zero-order chi connectivity index (χ0) is 25.6. The third-order valence-corrected chi connectivity index (χ3v) is 7.47. The molecule has 1 aliphatic heterocycles. The Kier molecular flexibility index (Phi) is 6.29. The summed E-state index contributed by atoms with van der Waals surface area (Å²) in [7, 11) is 0. The van der Waals surface area contributed by atoms with Gasteiger partial charge in [0.05, 0.1) is 12.6 Å². The van der Waals surface area contributed by atoms with Crippen LogP contribution in [-0.2, 0) is 9.59 Å². The number of hydrogen-bond donors (Lipinski definition) is 2. The fraction of sp³-hybridized carbons (Fsp3) is 0.310. The number of rotatable bonds is 6. The molecule has 0 spiro atoms. The van der Waals surface area contributed by atoms with E-state index in [2.05, 4.69) is 59.4 Å². The molecule has 1 amide bonds. The highest BCUT2D eigenvalue weighted by Crippen LogP contribution is 2.53. The highest BCUT2D eigenvalue weighted by Gasteiger charge is 2.41. The van der Waals surface area contributed by atoms with Crippen molar-refractivity contribution in [3.8, 4) is 11.5 Å². The van der Waals surface area contributed by atoms with E-state index in [9.17, 15) is 9.59 Å². The maximum Gasteiger partial charge on any atom is 0.255 e. The Bertz CT molecular complexity index is 1430. The summed E-state index contributed by atoms with van der Waals surface area (Å²) in [5.74, 6) is 0.490. The maximum absolute atomic E-state index is 13.7. The Hall–Kier alpha value is -3.32. The molecule has 1 aliphatic carbocycles. The molecule has 0 unspecified atom stereocenters. The van der Waals surface area contributed by atoms with E-state index in [-0.39, 0.29) is 23.8 Å². The number of hydrogen-bond acceptors (Lipinski definition) is 5. The van der Waals surface area contributed by atoms with Gasteiger partial charge in [0.15, 0.2) is 23.9 Å². The minimum atomic E-state index is -0.569. The van der Waals surface area contributed by atoms with Crippen LogP contribution in [0, 0.1) is 5.41 Å². The summed E-state index contributed by atoms with van der Waals surface area (Å²) in [5, 5.41) is 5.95. The summed E-state index contributed by atoms with van der Waals surface area (Å²) < 4.78 is 12.2. The second kappa shape index (κ2) is 9.28. The topological polar surface area (TPSA) is 90.7 Å². The van der Waals surface area contributed by atoms with Gasteiger partial charge in [0.1, 0.15) is 0 Å². The first kappa shape index (κ1) is 24.4. The molecule has 0 saturated carbocycles. The summed E-state index contributed by atoms with van der Waals surface area (Å²) >= 11 is 3.69. The van der Waals surface area contributed by atoms with Gasteiger partial charge in [0, 0.05) is 27.7 Å². The van der Waals surface area contributed by atoms with E-state index < -0.39 is 5.91 Å². The van der Waals surface area contributed by atoms with Crippen LogP contribution in [0.3, 0.4) is 0 Å². The molecule has 186 valence electrons. The normalized spacial score (nSPS) is 18.3. The number of carbonyl (C=O) groups excluding carboxylic acids is 2. The van der Waals surface area contributed by atoms with E-state index in [4.69, 9.17) is 15.2 Å². The lowest BCUT2D eigenvalue weighted by Crippen LogP contribution is -2.33. The number of primary amides is 1. The fourth-order valence-corrected chi connectivity index (χ4v) is 5.92. The summed E-state index contributed by atoms with van der Waals surface area (Å²) in [6.07, 6.45) is 1.29. The van der Waals surface area contributed by atoms with Crippen LogP contribution in [0.4, 0.5) is 5.69 Å². The summed E-state index contributed by atoms with van der Waals surface area (Å²) in [5.41, 5.74) is 10.0. The number of anilines is 1. The summed E-state index contributed by atoms with van der Waals surface area (Å²) in [6.45, 7) is 6.36. The quantitative estimate of drug-likeness (QED) is 0.384. The first-order valence-corrected chi connectivity index (χ1v) is 12.9. The van der Waals surface area contributed by atoms with E-state index in [1.54, 1.807) is 6.07 Å². The number of fused-ring (bicyclic) bond motifs is 4. The lowest BCUT2D eigenvalue weighted by molar-refractivity contribution is -0.120. The standard InChI is InChI=1S/C29H29BrN2O4/c1-4-35-23-11-18(20(30)12-24(23)36-15-25(31)34)28-27-19(13-29(2,3)14-22(27)33)26-17-8-6-5-7-16(17)9-10-21(26)32-28/h5-12,28,32H,4,13-15H2,1-3H3,(H2,31,34)/t28-/m1/s1. The van der Waals surface area contributed by atoms with Crippen LogP contribution in [0.25, 0.3) is 16.3 Å². The number of allylic oxidation sites excluding steroid dienone is 1. The number of nitrogens with one attached hydrogen (secondary N) is 1. The number of halogens is 1. The number of Topliss-reactive ketones (excluding diaryl/α,β-unsaturated/α-hetero) is 1. The van der Waals surface area contributed by atoms with Gasteiger partial charge in [0.25, 0.3) is 5.91 Å². The van der Waals surface area contributed by atoms with Gasteiger partial charge in [-0.3, -0.25) is 9.59 Å². The highest BCUT2D eigenvalue weighted by molar-refractivity contribution is 9.10. The van der Waals surface area contributed by atoms with Crippen LogP contribution >= 0.6 is 15.9 Å². The van der Waals surface area contributed by atoms with E-state index in [1.165, 1.54) is 0 Å². The average molecular weight is 549 g/mol. The Balaban J connectivity index is 1.70. The second-order valence-electron chi connectivity index (χ2n) is 10.1. The van der Waals surface area contributed by atoms with Crippen LogP contribution in [0.1, 0.15) is 50.8 Å². The molecular weight excluding hydrogens is 520 g/mol. The number of benzene rings is 3. The molecular formula is C29H29BrN2O4. The Morgan fingerprint density at radius 1 is 1.11 bits per heavy atom. The number of nitrogens with two attached hydrogens (primary N) is 1. The second-order valence-corrected chi connectivity index (χ2v) is 11.0. The molecule has 3 aromatic carbocycles. The lowest BCUT2D eigenvalue weighted by atomic mass is 9.68. The van der Waals surface area contributed by atoms with Gasteiger partial charge >= 0.3 is 0 Å². The molecule has 0 saturated heterocycles. The molecule has 5 rings (SSSR count). The number of amides is 1. The molecule has 7 heteroatoms. The molecule has 2 aliphatic rings. The van der Waals surface area contributed by atoms with Crippen LogP contribution < -0.4 is 20.5 Å². The predicted octanol–water partition coefficient (Wildman–Crippen LogP) is 6.17. The molecule has 0 aromatic heterocycles. The monoisotopic (exact) mass is 548 g/mol. The molecule has 3 N–H and O–H groups in total. The number of carbonyl (C=O) groups is 2. The first-order chi connectivity index (χ1) is 17.2. The van der Waals surface area contributed by atoms with Crippen molar-refractivity contribution in [2.45, 2.75) is 39.7 Å². The van der Waals surface area contributed by atoms with Crippen molar-refractivity contribution < 1.29 is 19.1 Å². The van der Waals surface area contributed by atoms with Crippen LogP contribution in [0.15, 0.2) is 58.6 Å². The van der Waals surface area contributed by atoms with Gasteiger partial charge in [-0.25, -0.2) is 0 Å². The van der Waals surface area contributed by atoms with Gasteiger partial charge in [-0.05, 0) is 58.9 Å². The third kappa shape index (κ3) is 4.37. The van der Waals surface area contributed by atoms with Crippen molar-refractivity contribution in [3.05, 3.63) is 69.7 Å².